The normalized spacial score (nSPS) is 13.8. The minimum absolute atomic E-state index is 0. The smallest absolute Gasteiger partial charge is 0.411 e. The molecule has 3 aromatic rings. The van der Waals surface area contributed by atoms with Gasteiger partial charge in [0.2, 0.25) is 0 Å². The first kappa shape index (κ1) is 27.7. The van der Waals surface area contributed by atoms with E-state index in [-0.39, 0.29) is 30.9 Å². The van der Waals surface area contributed by atoms with Crippen molar-refractivity contribution in [1.29, 1.82) is 0 Å². The Hall–Kier alpha value is -2.54. The standard InChI is InChI=1S/C26H32N4O2.2ClH/c1-19(2)32-26(31)28-22-7-4-6-21(18-22)12-13-29-14-16-30(17-15-29)25-9-5-8-24-23(25)11-10-20(3)27-24;;/h4-11,18-19H,12-17H2,1-3H3,(H,28,31);2*1H. The molecule has 1 aliphatic rings. The highest BCUT2D eigenvalue weighted by Gasteiger charge is 2.19. The first-order valence-electron chi connectivity index (χ1n) is 11.4. The monoisotopic (exact) mass is 504 g/mol. The minimum atomic E-state index is -0.410. The number of anilines is 2. The molecule has 1 saturated heterocycles. The van der Waals surface area contributed by atoms with Crippen LogP contribution in [0.5, 0.6) is 0 Å². The van der Waals surface area contributed by atoms with Gasteiger partial charge >= 0.3 is 6.09 Å². The number of benzene rings is 2. The molecule has 6 nitrogen and oxygen atoms in total. The van der Waals surface area contributed by atoms with Crippen LogP contribution in [0, 0.1) is 6.92 Å². The zero-order valence-electron chi connectivity index (χ0n) is 20.0. The summed E-state index contributed by atoms with van der Waals surface area (Å²) < 4.78 is 5.16. The molecule has 1 aliphatic heterocycles. The van der Waals surface area contributed by atoms with Crippen LogP contribution in [0.1, 0.15) is 25.1 Å². The van der Waals surface area contributed by atoms with E-state index in [4.69, 9.17) is 4.74 Å². The van der Waals surface area contributed by atoms with Gasteiger partial charge in [-0.15, -0.1) is 24.8 Å². The SMILES string of the molecule is Cc1ccc2c(N3CCN(CCc4cccc(NC(=O)OC(C)C)c4)CC3)cccc2n1.Cl.Cl. The lowest BCUT2D eigenvalue weighted by Gasteiger charge is -2.36. The van der Waals surface area contributed by atoms with E-state index in [1.165, 1.54) is 16.6 Å². The molecular weight excluding hydrogens is 471 g/mol. The lowest BCUT2D eigenvalue weighted by molar-refractivity contribution is 0.130. The van der Waals surface area contributed by atoms with Crippen LogP contribution in [0.2, 0.25) is 0 Å². The molecule has 184 valence electrons. The number of carbonyl (C=O) groups is 1. The van der Waals surface area contributed by atoms with E-state index in [0.29, 0.717) is 0 Å². The number of piperazine rings is 1. The quantitative estimate of drug-likeness (QED) is 0.465. The molecule has 34 heavy (non-hydrogen) atoms. The fourth-order valence-corrected chi connectivity index (χ4v) is 4.18. The number of aromatic nitrogens is 1. The predicted molar refractivity (Wildman–Crippen MR) is 145 cm³/mol. The summed E-state index contributed by atoms with van der Waals surface area (Å²) in [4.78, 5) is 21.5. The third-order valence-electron chi connectivity index (χ3n) is 5.79. The van der Waals surface area contributed by atoms with Crippen molar-refractivity contribution >= 4 is 53.2 Å². The van der Waals surface area contributed by atoms with Crippen molar-refractivity contribution in [3.8, 4) is 0 Å². The van der Waals surface area contributed by atoms with E-state index in [1.54, 1.807) is 0 Å². The Balaban J connectivity index is 0.00000204. The van der Waals surface area contributed by atoms with Crippen molar-refractivity contribution in [2.24, 2.45) is 0 Å². The zero-order chi connectivity index (χ0) is 22.5. The van der Waals surface area contributed by atoms with Crippen LogP contribution in [0.4, 0.5) is 16.2 Å². The molecule has 0 unspecified atom stereocenters. The topological polar surface area (TPSA) is 57.7 Å². The Bertz CT molecular complexity index is 1090. The first-order valence-corrected chi connectivity index (χ1v) is 11.4. The van der Waals surface area contributed by atoms with Gasteiger partial charge in [-0.25, -0.2) is 4.79 Å². The van der Waals surface area contributed by atoms with Gasteiger partial charge in [0.05, 0.1) is 11.6 Å². The fourth-order valence-electron chi connectivity index (χ4n) is 4.18. The summed E-state index contributed by atoms with van der Waals surface area (Å²) in [6, 6.07) is 18.7. The second kappa shape index (κ2) is 12.8. The van der Waals surface area contributed by atoms with Gasteiger partial charge in [0.25, 0.3) is 0 Å². The van der Waals surface area contributed by atoms with E-state index in [1.807, 2.05) is 39.0 Å². The summed E-state index contributed by atoms with van der Waals surface area (Å²) in [6.45, 7) is 10.8. The molecule has 1 amide bonds. The molecule has 0 radical (unpaired) electrons. The maximum absolute atomic E-state index is 11.8. The summed E-state index contributed by atoms with van der Waals surface area (Å²) in [7, 11) is 0. The number of hydrogen-bond donors (Lipinski definition) is 1. The van der Waals surface area contributed by atoms with E-state index in [0.717, 1.165) is 56.0 Å². The number of halogens is 2. The molecule has 1 aromatic heterocycles. The predicted octanol–water partition coefficient (Wildman–Crippen LogP) is 5.71. The van der Waals surface area contributed by atoms with Crippen molar-refractivity contribution in [3.05, 3.63) is 65.9 Å². The lowest BCUT2D eigenvalue weighted by Crippen LogP contribution is -2.47. The molecule has 0 saturated carbocycles. The van der Waals surface area contributed by atoms with E-state index in [2.05, 4.69) is 56.5 Å². The third kappa shape index (κ3) is 7.23. The number of pyridine rings is 1. The molecule has 0 bridgehead atoms. The minimum Gasteiger partial charge on any atom is -0.447 e. The van der Waals surface area contributed by atoms with Gasteiger partial charge in [-0.2, -0.15) is 0 Å². The number of aryl methyl sites for hydroxylation is 1. The number of hydrogen-bond acceptors (Lipinski definition) is 5. The van der Waals surface area contributed by atoms with E-state index < -0.39 is 6.09 Å². The van der Waals surface area contributed by atoms with Crippen molar-refractivity contribution in [2.75, 3.05) is 42.9 Å². The van der Waals surface area contributed by atoms with Crippen LogP contribution < -0.4 is 10.2 Å². The van der Waals surface area contributed by atoms with E-state index >= 15 is 0 Å². The Kier molecular flexibility index (Phi) is 10.4. The number of fused-ring (bicyclic) bond motifs is 1. The maximum atomic E-state index is 11.8. The summed E-state index contributed by atoms with van der Waals surface area (Å²) in [5, 5.41) is 4.04. The number of carbonyl (C=O) groups excluding carboxylic acids is 1. The summed E-state index contributed by atoms with van der Waals surface area (Å²) in [5.74, 6) is 0. The Morgan fingerprint density at radius 1 is 1.03 bits per heavy atom. The second-order valence-electron chi connectivity index (χ2n) is 8.65. The molecule has 0 atom stereocenters. The average molecular weight is 505 g/mol. The number of rotatable bonds is 6. The van der Waals surface area contributed by atoms with Gasteiger partial charge in [-0.1, -0.05) is 18.2 Å². The van der Waals surface area contributed by atoms with Gasteiger partial charge in [-0.3, -0.25) is 15.2 Å². The summed E-state index contributed by atoms with van der Waals surface area (Å²) >= 11 is 0. The molecule has 1 N–H and O–H groups in total. The highest BCUT2D eigenvalue weighted by atomic mass is 35.5. The molecule has 2 aromatic carbocycles. The molecular formula is C26H34Cl2N4O2. The zero-order valence-corrected chi connectivity index (χ0v) is 21.6. The Morgan fingerprint density at radius 3 is 2.50 bits per heavy atom. The van der Waals surface area contributed by atoms with Crippen molar-refractivity contribution < 1.29 is 9.53 Å². The van der Waals surface area contributed by atoms with Crippen molar-refractivity contribution in [3.63, 3.8) is 0 Å². The van der Waals surface area contributed by atoms with Gasteiger partial charge < -0.3 is 9.64 Å². The molecule has 0 aliphatic carbocycles. The van der Waals surface area contributed by atoms with E-state index in [9.17, 15) is 4.79 Å². The highest BCUT2D eigenvalue weighted by Crippen LogP contribution is 2.27. The third-order valence-corrected chi connectivity index (χ3v) is 5.79. The van der Waals surface area contributed by atoms with Gasteiger partial charge in [-0.05, 0) is 69.2 Å². The van der Waals surface area contributed by atoms with Gasteiger partial charge in [0, 0.05) is 55.2 Å². The van der Waals surface area contributed by atoms with Crippen molar-refractivity contribution in [1.82, 2.24) is 9.88 Å². The van der Waals surface area contributed by atoms with Crippen LogP contribution in [0.15, 0.2) is 54.6 Å². The number of ether oxygens (including phenoxy) is 1. The second-order valence-corrected chi connectivity index (χ2v) is 8.65. The number of nitrogens with one attached hydrogen (secondary N) is 1. The molecule has 0 spiro atoms. The van der Waals surface area contributed by atoms with Gasteiger partial charge in [0.15, 0.2) is 0 Å². The molecule has 4 rings (SSSR count). The number of nitrogens with zero attached hydrogens (tertiary/aromatic N) is 3. The first-order chi connectivity index (χ1) is 15.5. The van der Waals surface area contributed by atoms with Gasteiger partial charge in [0.1, 0.15) is 0 Å². The molecule has 2 heterocycles. The van der Waals surface area contributed by atoms with Crippen molar-refractivity contribution in [2.45, 2.75) is 33.3 Å². The number of amides is 1. The Labute approximate surface area is 214 Å². The van der Waals surface area contributed by atoms with Crippen LogP contribution in [0.3, 0.4) is 0 Å². The van der Waals surface area contributed by atoms with Crippen LogP contribution in [0.25, 0.3) is 10.9 Å². The van der Waals surface area contributed by atoms with Crippen LogP contribution in [-0.2, 0) is 11.2 Å². The summed E-state index contributed by atoms with van der Waals surface area (Å²) in [5.41, 5.74) is 5.39. The maximum Gasteiger partial charge on any atom is 0.411 e. The fraction of sp³-hybridized carbons (Fsp3) is 0.385. The van der Waals surface area contributed by atoms with Crippen LogP contribution in [-0.4, -0.2) is 54.8 Å². The lowest BCUT2D eigenvalue weighted by atomic mass is 10.1. The summed E-state index contributed by atoms with van der Waals surface area (Å²) in [6.07, 6.45) is 0.407. The van der Waals surface area contributed by atoms with Crippen LogP contribution >= 0.6 is 24.8 Å². The largest absolute Gasteiger partial charge is 0.447 e. The molecule has 1 fully saturated rings. The highest BCUT2D eigenvalue weighted by molar-refractivity contribution is 5.92. The average Bonchev–Trinajstić information content (AvgIpc) is 2.77. The Morgan fingerprint density at radius 2 is 1.76 bits per heavy atom. The molecule has 8 heteroatoms.